The predicted molar refractivity (Wildman–Crippen MR) is 76.0 cm³/mol. The van der Waals surface area contributed by atoms with Crippen molar-refractivity contribution in [2.24, 2.45) is 5.73 Å². The van der Waals surface area contributed by atoms with Gasteiger partial charge in [-0.1, -0.05) is 60.7 Å². The number of carboxylic acid groups (broad SMARTS) is 1. The average Bonchev–Trinajstić information content (AvgIpc) is 2.46. The van der Waals surface area contributed by atoms with Gasteiger partial charge in [0.2, 0.25) is 0 Å². The van der Waals surface area contributed by atoms with Crippen LogP contribution in [0.5, 0.6) is 0 Å². The van der Waals surface area contributed by atoms with Crippen LogP contribution < -0.4 is 5.73 Å². The highest BCUT2D eigenvalue weighted by Crippen LogP contribution is 2.35. The molecule has 0 heterocycles. The minimum Gasteiger partial charge on any atom is -0.481 e. The molecule has 0 spiro atoms. The van der Waals surface area contributed by atoms with Gasteiger partial charge < -0.3 is 10.2 Å². The number of nitrogens with two attached hydrogens (primary N) is 1. The minimum absolute atomic E-state index is 0.244. The fourth-order valence-electron chi connectivity index (χ4n) is 2.29. The molecule has 104 valence electrons. The van der Waals surface area contributed by atoms with Gasteiger partial charge in [0.05, 0.1) is 6.42 Å². The summed E-state index contributed by atoms with van der Waals surface area (Å²) in [5.74, 6) is -1.72. The number of benzene rings is 2. The van der Waals surface area contributed by atoms with Crippen LogP contribution in [0.2, 0.25) is 0 Å². The average molecular weight is 271 g/mol. The molecular weight excluding hydrogens is 254 g/mol. The normalized spacial score (nSPS) is 15.3. The van der Waals surface area contributed by atoms with Gasteiger partial charge in [-0.3, -0.25) is 10.5 Å². The first-order valence-corrected chi connectivity index (χ1v) is 6.35. The van der Waals surface area contributed by atoms with Gasteiger partial charge in [0.25, 0.3) is 0 Å². The van der Waals surface area contributed by atoms with Crippen LogP contribution in [0.4, 0.5) is 0 Å². The Hall–Kier alpha value is -2.17. The van der Waals surface area contributed by atoms with E-state index in [-0.39, 0.29) is 6.42 Å². The van der Waals surface area contributed by atoms with Crippen molar-refractivity contribution < 1.29 is 15.0 Å². The number of aliphatic carboxylic acids is 1. The molecule has 0 unspecified atom stereocenters. The second-order valence-corrected chi connectivity index (χ2v) is 4.75. The van der Waals surface area contributed by atoms with E-state index in [2.05, 4.69) is 0 Å². The lowest BCUT2D eigenvalue weighted by Crippen LogP contribution is -2.43. The molecule has 0 saturated heterocycles. The molecule has 2 rings (SSSR count). The Morgan fingerprint density at radius 1 is 1.05 bits per heavy atom. The van der Waals surface area contributed by atoms with Crippen LogP contribution >= 0.6 is 0 Å². The van der Waals surface area contributed by atoms with E-state index in [9.17, 15) is 9.90 Å². The maximum atomic E-state index is 11.1. The van der Waals surface area contributed by atoms with Crippen molar-refractivity contribution in [3.63, 3.8) is 0 Å². The second-order valence-electron chi connectivity index (χ2n) is 4.75. The summed E-state index contributed by atoms with van der Waals surface area (Å²) in [5.41, 5.74) is 5.51. The van der Waals surface area contributed by atoms with E-state index in [4.69, 9.17) is 10.8 Å². The summed E-state index contributed by atoms with van der Waals surface area (Å²) in [4.78, 5) is 11.1. The second kappa shape index (κ2) is 5.86. The van der Waals surface area contributed by atoms with E-state index in [1.807, 2.05) is 12.1 Å². The molecule has 0 radical (unpaired) electrons. The Balaban J connectivity index is 2.43. The summed E-state index contributed by atoms with van der Waals surface area (Å²) >= 11 is 0. The highest BCUT2D eigenvalue weighted by atomic mass is 16.4. The fraction of sp³-hybridized carbons (Fsp3) is 0.188. The van der Waals surface area contributed by atoms with E-state index in [1.165, 1.54) is 0 Å². The van der Waals surface area contributed by atoms with Crippen molar-refractivity contribution >= 4 is 5.97 Å². The Morgan fingerprint density at radius 3 is 2.05 bits per heavy atom. The molecule has 0 saturated carbocycles. The summed E-state index contributed by atoms with van der Waals surface area (Å²) in [6.07, 6.45) is -0.244. The molecule has 2 aromatic rings. The van der Waals surface area contributed by atoms with Gasteiger partial charge in [-0.25, -0.2) is 0 Å². The van der Waals surface area contributed by atoms with Gasteiger partial charge in [0, 0.05) is 5.92 Å². The van der Waals surface area contributed by atoms with Crippen molar-refractivity contribution in [2.75, 3.05) is 0 Å². The molecule has 0 aliphatic heterocycles. The van der Waals surface area contributed by atoms with Crippen LogP contribution in [-0.4, -0.2) is 16.2 Å². The van der Waals surface area contributed by atoms with Crippen molar-refractivity contribution in [1.29, 1.82) is 0 Å². The topological polar surface area (TPSA) is 83.5 Å². The first kappa shape index (κ1) is 14.2. The van der Waals surface area contributed by atoms with E-state index < -0.39 is 17.6 Å². The van der Waals surface area contributed by atoms with E-state index in [0.717, 1.165) is 0 Å². The van der Waals surface area contributed by atoms with Crippen molar-refractivity contribution in [3.05, 3.63) is 71.8 Å². The molecule has 2 atom stereocenters. The molecule has 0 aromatic heterocycles. The van der Waals surface area contributed by atoms with Crippen LogP contribution in [0.1, 0.15) is 23.5 Å². The molecule has 0 fully saturated rings. The third-order valence-corrected chi connectivity index (χ3v) is 3.35. The summed E-state index contributed by atoms with van der Waals surface area (Å²) in [5, 5.41) is 19.8. The highest BCUT2D eigenvalue weighted by molar-refractivity contribution is 5.68. The third kappa shape index (κ3) is 3.04. The Morgan fingerprint density at radius 2 is 1.55 bits per heavy atom. The highest BCUT2D eigenvalue weighted by Gasteiger charge is 2.37. The van der Waals surface area contributed by atoms with Crippen molar-refractivity contribution in [3.8, 4) is 0 Å². The van der Waals surface area contributed by atoms with E-state index in [0.29, 0.717) is 11.1 Å². The molecule has 4 N–H and O–H groups in total. The predicted octanol–water partition coefficient (Wildman–Crippen LogP) is 2.05. The zero-order valence-electron chi connectivity index (χ0n) is 10.9. The number of rotatable bonds is 5. The number of hydrogen-bond acceptors (Lipinski definition) is 3. The lowest BCUT2D eigenvalue weighted by molar-refractivity contribution is -0.139. The summed E-state index contributed by atoms with van der Waals surface area (Å²) in [6.45, 7) is 0. The van der Waals surface area contributed by atoms with E-state index in [1.54, 1.807) is 48.5 Å². The SMILES string of the molecule is N[C@@](O)(c1ccccc1)[C@@H](CC(=O)O)c1ccccc1. The molecule has 2 aromatic carbocycles. The number of carboxylic acids is 1. The van der Waals surface area contributed by atoms with E-state index >= 15 is 0 Å². The maximum Gasteiger partial charge on any atom is 0.304 e. The number of carbonyl (C=O) groups is 1. The zero-order valence-corrected chi connectivity index (χ0v) is 10.9. The molecular formula is C16H17NO3. The van der Waals surface area contributed by atoms with Crippen molar-refractivity contribution in [1.82, 2.24) is 0 Å². The van der Waals surface area contributed by atoms with Gasteiger partial charge >= 0.3 is 5.97 Å². The largest absolute Gasteiger partial charge is 0.481 e. The molecule has 4 nitrogen and oxygen atoms in total. The lowest BCUT2D eigenvalue weighted by Gasteiger charge is -2.32. The van der Waals surface area contributed by atoms with Gasteiger partial charge in [-0.05, 0) is 11.1 Å². The van der Waals surface area contributed by atoms with Crippen LogP contribution in [0.3, 0.4) is 0 Å². The van der Waals surface area contributed by atoms with Crippen molar-refractivity contribution in [2.45, 2.75) is 18.1 Å². The van der Waals surface area contributed by atoms with Crippen LogP contribution in [0.15, 0.2) is 60.7 Å². The molecule has 0 amide bonds. The maximum absolute atomic E-state index is 11.1. The standard InChI is InChI=1S/C16H17NO3/c17-16(20,13-9-5-2-6-10-13)14(11-15(18)19)12-7-3-1-4-8-12/h1-10,14,20H,11,17H2,(H,18,19)/t14-,16+/m0/s1. The Labute approximate surface area is 117 Å². The smallest absolute Gasteiger partial charge is 0.304 e. The quantitative estimate of drug-likeness (QED) is 0.727. The lowest BCUT2D eigenvalue weighted by atomic mass is 9.82. The zero-order chi connectivity index (χ0) is 14.6. The van der Waals surface area contributed by atoms with Gasteiger partial charge in [-0.2, -0.15) is 0 Å². The summed E-state index contributed by atoms with van der Waals surface area (Å²) in [6, 6.07) is 17.7. The Bertz CT molecular complexity index is 567. The molecule has 20 heavy (non-hydrogen) atoms. The molecule has 0 bridgehead atoms. The first-order valence-electron chi connectivity index (χ1n) is 6.35. The number of aliphatic hydroxyl groups is 1. The Kier molecular flexibility index (Phi) is 4.17. The van der Waals surface area contributed by atoms with Gasteiger partial charge in [0.1, 0.15) is 5.72 Å². The number of hydrogen-bond donors (Lipinski definition) is 3. The first-order chi connectivity index (χ1) is 9.51. The minimum atomic E-state index is -1.74. The van der Waals surface area contributed by atoms with Crippen LogP contribution in [0.25, 0.3) is 0 Å². The summed E-state index contributed by atoms with van der Waals surface area (Å²) in [7, 11) is 0. The van der Waals surface area contributed by atoms with Gasteiger partial charge in [0.15, 0.2) is 0 Å². The molecule has 4 heteroatoms. The third-order valence-electron chi connectivity index (χ3n) is 3.35. The summed E-state index contributed by atoms with van der Waals surface area (Å²) < 4.78 is 0. The fourth-order valence-corrected chi connectivity index (χ4v) is 2.29. The monoisotopic (exact) mass is 271 g/mol. The van der Waals surface area contributed by atoms with Crippen LogP contribution in [0, 0.1) is 0 Å². The molecule has 0 aliphatic carbocycles. The van der Waals surface area contributed by atoms with Crippen LogP contribution in [-0.2, 0) is 10.5 Å². The van der Waals surface area contributed by atoms with Gasteiger partial charge in [-0.15, -0.1) is 0 Å². The molecule has 0 aliphatic rings.